The van der Waals surface area contributed by atoms with E-state index in [0.29, 0.717) is 29.2 Å². The summed E-state index contributed by atoms with van der Waals surface area (Å²) < 4.78 is 25.1. The average Bonchev–Trinajstić information content (AvgIpc) is 2.76. The maximum absolute atomic E-state index is 13.8. The molecule has 3 aromatic rings. The van der Waals surface area contributed by atoms with Crippen molar-refractivity contribution in [2.24, 2.45) is 5.10 Å². The van der Waals surface area contributed by atoms with Crippen molar-refractivity contribution >= 4 is 11.6 Å². The molecule has 0 aliphatic rings. The van der Waals surface area contributed by atoms with E-state index in [1.165, 1.54) is 6.07 Å². The number of nitrogens with zero attached hydrogens (tertiary/aromatic N) is 1. The molecule has 1 N–H and O–H groups in total. The maximum Gasteiger partial charge on any atom is 0.275 e. The molecular weight excluding hydrogens is 371 g/mol. The first-order valence-corrected chi connectivity index (χ1v) is 9.14. The number of carbonyl (C=O) groups excluding carboxylic acids is 1. The number of halogens is 1. The van der Waals surface area contributed by atoms with Crippen LogP contribution >= 0.6 is 0 Å². The molecule has 0 aromatic heterocycles. The smallest absolute Gasteiger partial charge is 0.275 e. The van der Waals surface area contributed by atoms with Crippen molar-refractivity contribution in [3.05, 3.63) is 95.8 Å². The van der Waals surface area contributed by atoms with Crippen molar-refractivity contribution in [1.82, 2.24) is 5.43 Å². The zero-order valence-electron chi connectivity index (χ0n) is 16.0. The minimum absolute atomic E-state index is 0.275. The summed E-state index contributed by atoms with van der Waals surface area (Å²) in [5.41, 5.74) is 3.48. The number of nitrogens with one attached hydrogen (secondary N) is 1. The molecule has 0 aliphatic carbocycles. The molecule has 29 heavy (non-hydrogen) atoms. The molecule has 0 atom stereocenters. The van der Waals surface area contributed by atoms with E-state index in [1.54, 1.807) is 49.4 Å². The topological polar surface area (TPSA) is 59.9 Å². The van der Waals surface area contributed by atoms with E-state index in [9.17, 15) is 9.18 Å². The van der Waals surface area contributed by atoms with E-state index in [-0.39, 0.29) is 6.61 Å². The van der Waals surface area contributed by atoms with Crippen LogP contribution in [-0.4, -0.2) is 24.8 Å². The Balaban J connectivity index is 1.59. The van der Waals surface area contributed by atoms with Crippen LogP contribution in [0.25, 0.3) is 0 Å². The van der Waals surface area contributed by atoms with Gasteiger partial charge in [0.1, 0.15) is 30.5 Å². The van der Waals surface area contributed by atoms with Gasteiger partial charge in [-0.25, -0.2) is 9.82 Å². The lowest BCUT2D eigenvalue weighted by Gasteiger charge is -2.11. The van der Waals surface area contributed by atoms with E-state index in [0.717, 1.165) is 5.75 Å². The second kappa shape index (κ2) is 10.0. The highest BCUT2D eigenvalue weighted by Gasteiger charge is 2.12. The van der Waals surface area contributed by atoms with Crippen LogP contribution in [0.1, 0.15) is 22.8 Å². The predicted molar refractivity (Wildman–Crippen MR) is 110 cm³/mol. The van der Waals surface area contributed by atoms with E-state index in [1.807, 2.05) is 30.3 Å². The largest absolute Gasteiger partial charge is 0.490 e. The van der Waals surface area contributed by atoms with Gasteiger partial charge in [0.05, 0.1) is 11.3 Å². The Morgan fingerprint density at radius 3 is 2.24 bits per heavy atom. The molecule has 0 aliphatic heterocycles. The third-order valence-corrected chi connectivity index (χ3v) is 4.07. The fraction of sp³-hybridized carbons (Fsp3) is 0.130. The first-order chi connectivity index (χ1) is 14.1. The molecule has 0 spiro atoms. The molecule has 148 valence electrons. The highest BCUT2D eigenvalue weighted by Crippen LogP contribution is 2.18. The summed E-state index contributed by atoms with van der Waals surface area (Å²) in [6, 6.07) is 22.5. The van der Waals surface area contributed by atoms with E-state index in [2.05, 4.69) is 10.5 Å². The van der Waals surface area contributed by atoms with Crippen LogP contribution in [0.15, 0.2) is 84.0 Å². The van der Waals surface area contributed by atoms with Crippen molar-refractivity contribution in [3.63, 3.8) is 0 Å². The fourth-order valence-corrected chi connectivity index (χ4v) is 2.62. The summed E-state index contributed by atoms with van der Waals surface area (Å²) in [5.74, 6) is 0.325. The molecule has 0 saturated carbocycles. The van der Waals surface area contributed by atoms with Crippen molar-refractivity contribution in [3.8, 4) is 11.5 Å². The van der Waals surface area contributed by atoms with Crippen LogP contribution < -0.4 is 14.9 Å². The summed E-state index contributed by atoms with van der Waals surface area (Å²) in [6.45, 7) is 2.24. The molecule has 0 unspecified atom stereocenters. The first-order valence-electron chi connectivity index (χ1n) is 9.14. The van der Waals surface area contributed by atoms with Crippen molar-refractivity contribution in [2.45, 2.75) is 6.92 Å². The number of para-hydroxylation sites is 2. The molecular formula is C23H21FN2O3. The van der Waals surface area contributed by atoms with Crippen LogP contribution in [0.5, 0.6) is 11.5 Å². The van der Waals surface area contributed by atoms with Gasteiger partial charge in [0.25, 0.3) is 5.91 Å². The van der Waals surface area contributed by atoms with Gasteiger partial charge in [-0.3, -0.25) is 4.79 Å². The molecule has 5 nitrogen and oxygen atoms in total. The number of carbonyl (C=O) groups is 1. The minimum Gasteiger partial charge on any atom is -0.490 e. The van der Waals surface area contributed by atoms with Crippen LogP contribution in [0.2, 0.25) is 0 Å². The minimum atomic E-state index is -0.444. The third-order valence-electron chi connectivity index (χ3n) is 4.07. The Labute approximate surface area is 168 Å². The van der Waals surface area contributed by atoms with E-state index in [4.69, 9.17) is 9.47 Å². The SMILES string of the molecule is C/C(=N/NC(=O)c1ccccc1OCCOc1ccccc1)c1ccccc1F. The molecule has 0 saturated heterocycles. The average molecular weight is 392 g/mol. The van der Waals surface area contributed by atoms with Crippen LogP contribution in [0, 0.1) is 5.82 Å². The number of amides is 1. The molecule has 0 bridgehead atoms. The standard InChI is InChI=1S/C23H21FN2O3/c1-17(19-11-5-7-13-21(19)24)25-26-23(27)20-12-6-8-14-22(20)29-16-15-28-18-9-3-2-4-10-18/h2-14H,15-16H2,1H3,(H,26,27)/b25-17-. The van der Waals surface area contributed by atoms with Gasteiger partial charge in [0, 0.05) is 5.56 Å². The Morgan fingerprint density at radius 1 is 0.862 bits per heavy atom. The molecule has 6 heteroatoms. The third kappa shape index (κ3) is 5.65. The zero-order chi connectivity index (χ0) is 20.5. The van der Waals surface area contributed by atoms with Crippen molar-refractivity contribution in [2.75, 3.05) is 13.2 Å². The van der Waals surface area contributed by atoms with Gasteiger partial charge in [-0.15, -0.1) is 0 Å². The van der Waals surface area contributed by atoms with Crippen molar-refractivity contribution < 1.29 is 18.7 Å². The maximum atomic E-state index is 13.8. The lowest BCUT2D eigenvalue weighted by atomic mass is 10.1. The zero-order valence-corrected chi connectivity index (χ0v) is 16.0. The summed E-state index contributed by atoms with van der Waals surface area (Å²) in [4.78, 5) is 12.5. The monoisotopic (exact) mass is 392 g/mol. The molecule has 1 amide bonds. The number of hydrogen-bond donors (Lipinski definition) is 1. The number of ether oxygens (including phenoxy) is 2. The number of hydrogen-bond acceptors (Lipinski definition) is 4. The quantitative estimate of drug-likeness (QED) is 0.350. The highest BCUT2D eigenvalue weighted by molar-refractivity contribution is 6.01. The van der Waals surface area contributed by atoms with Gasteiger partial charge in [-0.2, -0.15) is 5.10 Å². The Bertz CT molecular complexity index is 990. The lowest BCUT2D eigenvalue weighted by Crippen LogP contribution is -2.21. The molecule has 0 heterocycles. The Kier molecular flexibility index (Phi) is 6.95. The van der Waals surface area contributed by atoms with Gasteiger partial charge in [0.15, 0.2) is 0 Å². The van der Waals surface area contributed by atoms with Crippen LogP contribution in [0.4, 0.5) is 4.39 Å². The number of hydrazone groups is 1. The highest BCUT2D eigenvalue weighted by atomic mass is 19.1. The van der Waals surface area contributed by atoms with Gasteiger partial charge in [-0.05, 0) is 37.3 Å². The Morgan fingerprint density at radius 2 is 1.48 bits per heavy atom. The second-order valence-corrected chi connectivity index (χ2v) is 6.12. The normalized spacial score (nSPS) is 11.0. The van der Waals surface area contributed by atoms with Crippen LogP contribution in [-0.2, 0) is 0 Å². The molecule has 3 rings (SSSR count). The second-order valence-electron chi connectivity index (χ2n) is 6.12. The number of rotatable bonds is 8. The first kappa shape index (κ1) is 20.1. The van der Waals surface area contributed by atoms with E-state index < -0.39 is 11.7 Å². The van der Waals surface area contributed by atoms with Gasteiger partial charge >= 0.3 is 0 Å². The summed E-state index contributed by atoms with van der Waals surface area (Å²) in [7, 11) is 0. The molecule has 0 radical (unpaired) electrons. The predicted octanol–water partition coefficient (Wildman–Crippen LogP) is 4.44. The molecule has 3 aromatic carbocycles. The van der Waals surface area contributed by atoms with Crippen molar-refractivity contribution in [1.29, 1.82) is 0 Å². The van der Waals surface area contributed by atoms with Gasteiger partial charge in [-0.1, -0.05) is 48.5 Å². The number of benzene rings is 3. The summed E-state index contributed by atoms with van der Waals surface area (Å²) in [6.07, 6.45) is 0. The lowest BCUT2D eigenvalue weighted by molar-refractivity contribution is 0.0949. The fourth-order valence-electron chi connectivity index (χ4n) is 2.62. The Hall–Kier alpha value is -3.67. The van der Waals surface area contributed by atoms with Gasteiger partial charge < -0.3 is 9.47 Å². The van der Waals surface area contributed by atoms with E-state index >= 15 is 0 Å². The molecule has 0 fully saturated rings. The summed E-state index contributed by atoms with van der Waals surface area (Å²) >= 11 is 0. The summed E-state index contributed by atoms with van der Waals surface area (Å²) in [5, 5.41) is 4.01. The van der Waals surface area contributed by atoms with Crippen LogP contribution in [0.3, 0.4) is 0 Å². The van der Waals surface area contributed by atoms with Gasteiger partial charge in [0.2, 0.25) is 0 Å².